The van der Waals surface area contributed by atoms with E-state index in [4.69, 9.17) is 5.73 Å². The van der Waals surface area contributed by atoms with E-state index in [1.54, 1.807) is 0 Å². The minimum absolute atomic E-state index is 0.101. The van der Waals surface area contributed by atoms with Crippen LogP contribution in [-0.2, 0) is 4.79 Å². The molecular weight excluding hydrogens is 238 g/mol. The summed E-state index contributed by atoms with van der Waals surface area (Å²) >= 11 is 0. The fourth-order valence-corrected chi connectivity index (χ4v) is 1.23. The topological polar surface area (TPSA) is 123 Å². The Morgan fingerprint density at radius 3 is 2.56 bits per heavy atom. The number of anilines is 2. The lowest BCUT2D eigenvalue weighted by Crippen LogP contribution is -2.22. The Kier molecular flexibility index (Phi) is 4.85. The number of carbonyl (C=O) groups excluding carboxylic acids is 1. The van der Waals surface area contributed by atoms with Gasteiger partial charge in [-0.05, 0) is 6.42 Å². The van der Waals surface area contributed by atoms with Gasteiger partial charge in [-0.1, -0.05) is 6.92 Å². The number of carbonyl (C=O) groups is 1. The second-order valence-electron chi connectivity index (χ2n) is 3.60. The van der Waals surface area contributed by atoms with Crippen LogP contribution in [0.5, 0.6) is 0 Å². The van der Waals surface area contributed by atoms with E-state index in [-0.39, 0.29) is 18.1 Å². The molecule has 0 bridgehead atoms. The summed E-state index contributed by atoms with van der Waals surface area (Å²) in [4.78, 5) is 24.9. The predicted octanol–water partition coefficient (Wildman–Crippen LogP) is 0.709. The van der Waals surface area contributed by atoms with Gasteiger partial charge in [-0.3, -0.25) is 14.9 Å². The van der Waals surface area contributed by atoms with Crippen molar-refractivity contribution in [3.8, 4) is 0 Å². The van der Waals surface area contributed by atoms with Crippen molar-refractivity contribution >= 4 is 23.2 Å². The van der Waals surface area contributed by atoms with E-state index in [0.29, 0.717) is 12.4 Å². The number of nitrogens with two attached hydrogens (primary N) is 1. The minimum Gasteiger partial charge on any atom is -0.370 e. The van der Waals surface area contributed by atoms with Crippen LogP contribution in [-0.4, -0.2) is 28.9 Å². The first-order valence-corrected chi connectivity index (χ1v) is 5.45. The van der Waals surface area contributed by atoms with Crippen LogP contribution in [0.15, 0.2) is 12.1 Å². The van der Waals surface area contributed by atoms with Gasteiger partial charge in [-0.25, -0.2) is 4.98 Å². The molecule has 1 heterocycles. The monoisotopic (exact) mass is 253 g/mol. The lowest BCUT2D eigenvalue weighted by molar-refractivity contribution is -0.384. The van der Waals surface area contributed by atoms with Gasteiger partial charge in [0.2, 0.25) is 5.91 Å². The van der Waals surface area contributed by atoms with Crippen molar-refractivity contribution in [2.24, 2.45) is 5.73 Å². The van der Waals surface area contributed by atoms with Gasteiger partial charge in [0.15, 0.2) is 0 Å². The smallest absolute Gasteiger partial charge is 0.276 e. The molecule has 0 aliphatic rings. The summed E-state index contributed by atoms with van der Waals surface area (Å²) < 4.78 is 0. The molecule has 0 aliphatic heterocycles. The van der Waals surface area contributed by atoms with E-state index in [2.05, 4.69) is 15.6 Å². The second kappa shape index (κ2) is 6.38. The van der Waals surface area contributed by atoms with Gasteiger partial charge in [0.25, 0.3) is 5.69 Å². The molecule has 0 aromatic carbocycles. The molecule has 1 aromatic heterocycles. The van der Waals surface area contributed by atoms with Crippen LogP contribution < -0.4 is 16.4 Å². The lowest BCUT2D eigenvalue weighted by atomic mass is 10.3. The molecule has 0 saturated heterocycles. The van der Waals surface area contributed by atoms with Gasteiger partial charge in [0, 0.05) is 6.54 Å². The number of aromatic nitrogens is 1. The maximum atomic E-state index is 10.7. The summed E-state index contributed by atoms with van der Waals surface area (Å²) in [5.74, 6) is 0.0611. The number of nitro groups is 1. The lowest BCUT2D eigenvalue weighted by Gasteiger charge is -2.07. The van der Waals surface area contributed by atoms with Crippen LogP contribution in [0.2, 0.25) is 0 Å². The van der Waals surface area contributed by atoms with E-state index in [1.807, 2.05) is 6.92 Å². The van der Waals surface area contributed by atoms with E-state index >= 15 is 0 Å². The van der Waals surface area contributed by atoms with Gasteiger partial charge in [-0.2, -0.15) is 0 Å². The Bertz CT molecular complexity index is 449. The third-order valence-corrected chi connectivity index (χ3v) is 2.02. The van der Waals surface area contributed by atoms with E-state index in [9.17, 15) is 14.9 Å². The van der Waals surface area contributed by atoms with Gasteiger partial charge in [0.05, 0.1) is 23.6 Å². The quantitative estimate of drug-likeness (QED) is 0.485. The number of hydrogen-bond acceptors (Lipinski definition) is 6. The molecule has 1 amide bonds. The molecule has 0 radical (unpaired) electrons. The maximum Gasteiger partial charge on any atom is 0.276 e. The van der Waals surface area contributed by atoms with Crippen LogP contribution in [0.1, 0.15) is 13.3 Å². The Labute approximate surface area is 104 Å². The van der Waals surface area contributed by atoms with Crippen molar-refractivity contribution in [2.45, 2.75) is 13.3 Å². The zero-order valence-corrected chi connectivity index (χ0v) is 9.97. The third kappa shape index (κ3) is 4.24. The highest BCUT2D eigenvalue weighted by Gasteiger charge is 2.11. The van der Waals surface area contributed by atoms with Gasteiger partial charge >= 0.3 is 0 Å². The highest BCUT2D eigenvalue weighted by Crippen LogP contribution is 2.20. The number of rotatable bonds is 7. The molecule has 1 aromatic rings. The molecule has 0 atom stereocenters. The van der Waals surface area contributed by atoms with Crippen molar-refractivity contribution in [3.05, 3.63) is 22.2 Å². The molecule has 8 nitrogen and oxygen atoms in total. The van der Waals surface area contributed by atoms with Gasteiger partial charge < -0.3 is 16.4 Å². The summed E-state index contributed by atoms with van der Waals surface area (Å²) in [6.45, 7) is 2.50. The Balaban J connectivity index is 2.90. The number of hydrogen-bond donors (Lipinski definition) is 3. The van der Waals surface area contributed by atoms with Gasteiger partial charge in [-0.15, -0.1) is 0 Å². The first-order chi connectivity index (χ1) is 8.52. The van der Waals surface area contributed by atoms with E-state index in [1.165, 1.54) is 12.1 Å². The number of nitrogens with zero attached hydrogens (tertiary/aromatic N) is 2. The normalized spacial score (nSPS) is 9.83. The zero-order valence-electron chi connectivity index (χ0n) is 9.97. The molecule has 8 heteroatoms. The summed E-state index contributed by atoms with van der Waals surface area (Å²) in [7, 11) is 0. The van der Waals surface area contributed by atoms with Crippen molar-refractivity contribution in [1.82, 2.24) is 4.98 Å². The molecule has 4 N–H and O–H groups in total. The third-order valence-electron chi connectivity index (χ3n) is 2.02. The van der Waals surface area contributed by atoms with Crippen LogP contribution >= 0.6 is 0 Å². The summed E-state index contributed by atoms with van der Waals surface area (Å²) in [5, 5.41) is 16.3. The fourth-order valence-electron chi connectivity index (χ4n) is 1.23. The maximum absolute atomic E-state index is 10.7. The van der Waals surface area contributed by atoms with Gasteiger partial charge in [0.1, 0.15) is 11.6 Å². The molecule has 0 aliphatic carbocycles. The molecule has 0 spiro atoms. The minimum atomic E-state index is -0.564. The number of primary amides is 1. The van der Waals surface area contributed by atoms with Crippen LogP contribution in [0.4, 0.5) is 17.3 Å². The molecular formula is C10H15N5O3. The van der Waals surface area contributed by atoms with Crippen molar-refractivity contribution in [3.63, 3.8) is 0 Å². The first-order valence-electron chi connectivity index (χ1n) is 5.45. The van der Waals surface area contributed by atoms with Crippen molar-refractivity contribution in [2.75, 3.05) is 23.7 Å². The average Bonchev–Trinajstić information content (AvgIpc) is 2.33. The standard InChI is InChI=1S/C10H15N5O3/c1-2-3-12-9-4-7(15(17)18)5-10(14-9)13-6-8(11)16/h4-5H,2-3,6H2,1H3,(H2,11,16)(H2,12,13,14). The highest BCUT2D eigenvalue weighted by molar-refractivity contribution is 5.78. The average molecular weight is 253 g/mol. The van der Waals surface area contributed by atoms with E-state index < -0.39 is 10.8 Å². The Morgan fingerprint density at radius 1 is 1.44 bits per heavy atom. The summed E-state index contributed by atoms with van der Waals surface area (Å²) in [6.07, 6.45) is 0.869. The van der Waals surface area contributed by atoms with Crippen LogP contribution in [0.25, 0.3) is 0 Å². The number of nitrogens with one attached hydrogen (secondary N) is 2. The fraction of sp³-hybridized carbons (Fsp3) is 0.400. The zero-order chi connectivity index (χ0) is 13.5. The number of pyridine rings is 1. The van der Waals surface area contributed by atoms with Crippen LogP contribution in [0.3, 0.4) is 0 Å². The van der Waals surface area contributed by atoms with E-state index in [0.717, 1.165) is 6.42 Å². The highest BCUT2D eigenvalue weighted by atomic mass is 16.6. The molecule has 0 fully saturated rings. The predicted molar refractivity (Wildman–Crippen MR) is 67.4 cm³/mol. The molecule has 98 valence electrons. The molecule has 0 saturated carbocycles. The Morgan fingerprint density at radius 2 is 2.06 bits per heavy atom. The summed E-state index contributed by atoms with van der Waals surface area (Å²) in [6, 6.07) is 2.59. The van der Waals surface area contributed by atoms with Crippen LogP contribution in [0, 0.1) is 10.1 Å². The molecule has 0 unspecified atom stereocenters. The first kappa shape index (κ1) is 13.7. The second-order valence-corrected chi connectivity index (χ2v) is 3.60. The van der Waals surface area contributed by atoms with Crippen molar-refractivity contribution in [1.29, 1.82) is 0 Å². The number of amides is 1. The Hall–Kier alpha value is -2.38. The molecule has 1 rings (SSSR count). The molecule has 18 heavy (non-hydrogen) atoms. The summed E-state index contributed by atoms with van der Waals surface area (Å²) in [5.41, 5.74) is 4.88. The van der Waals surface area contributed by atoms with Crippen molar-refractivity contribution < 1.29 is 9.72 Å². The SMILES string of the molecule is CCCNc1cc([N+](=O)[O-])cc(NCC(N)=O)n1. The largest absolute Gasteiger partial charge is 0.370 e.